The molecule has 5 nitrogen and oxygen atoms in total. The minimum Gasteiger partial charge on any atom is -0.494 e. The standard InChI is InChI=1S/C29H39NO4.C7H7Br/c1-21-6-8-24(9-7-21)19-30-28(31)5-4-14-33-27-12-10-25(11-13-27)20-34-29(32)18-26-16-22(2)15-23(3)17-26;1-6-2-4-7(8)5-3-6/h6-13,22-23,26H,4-5,14-20H2,1-3H3,(H,30,31);2-5H,1H3. The summed E-state index contributed by atoms with van der Waals surface area (Å²) in [5, 5.41) is 2.94. The van der Waals surface area contributed by atoms with Crippen LogP contribution in [0.2, 0.25) is 0 Å². The van der Waals surface area contributed by atoms with E-state index in [0.29, 0.717) is 50.2 Å². The van der Waals surface area contributed by atoms with Gasteiger partial charge in [-0.15, -0.1) is 0 Å². The number of amides is 1. The fourth-order valence-corrected chi connectivity index (χ4v) is 5.64. The van der Waals surface area contributed by atoms with Gasteiger partial charge >= 0.3 is 5.97 Å². The van der Waals surface area contributed by atoms with E-state index in [4.69, 9.17) is 9.47 Å². The molecule has 1 aliphatic carbocycles. The maximum Gasteiger partial charge on any atom is 0.306 e. The third-order valence-electron chi connectivity index (χ3n) is 7.49. The summed E-state index contributed by atoms with van der Waals surface area (Å²) in [5.41, 5.74) is 4.55. The van der Waals surface area contributed by atoms with E-state index in [0.717, 1.165) is 34.2 Å². The topological polar surface area (TPSA) is 64.6 Å². The van der Waals surface area contributed by atoms with Gasteiger partial charge in [-0.2, -0.15) is 0 Å². The van der Waals surface area contributed by atoms with Crippen molar-refractivity contribution in [2.24, 2.45) is 17.8 Å². The van der Waals surface area contributed by atoms with Gasteiger partial charge in [0.15, 0.2) is 0 Å². The van der Waals surface area contributed by atoms with Crippen LogP contribution in [0.25, 0.3) is 0 Å². The highest BCUT2D eigenvalue weighted by atomic mass is 79.9. The van der Waals surface area contributed by atoms with E-state index in [1.807, 2.05) is 67.6 Å². The molecule has 1 saturated carbocycles. The van der Waals surface area contributed by atoms with Crippen molar-refractivity contribution in [1.29, 1.82) is 0 Å². The zero-order valence-corrected chi connectivity index (χ0v) is 27.1. The Kier molecular flexibility index (Phi) is 14.1. The molecule has 2 unspecified atom stereocenters. The summed E-state index contributed by atoms with van der Waals surface area (Å²) < 4.78 is 12.4. The number of benzene rings is 3. The van der Waals surface area contributed by atoms with Crippen molar-refractivity contribution >= 4 is 27.8 Å². The van der Waals surface area contributed by atoms with E-state index < -0.39 is 0 Å². The highest BCUT2D eigenvalue weighted by molar-refractivity contribution is 9.10. The molecule has 4 rings (SSSR count). The lowest BCUT2D eigenvalue weighted by atomic mass is 9.75. The Bertz CT molecular complexity index is 1190. The van der Waals surface area contributed by atoms with Gasteiger partial charge in [0.2, 0.25) is 5.91 Å². The van der Waals surface area contributed by atoms with Crippen molar-refractivity contribution in [2.75, 3.05) is 6.61 Å². The number of aryl methyl sites for hydroxylation is 2. The minimum atomic E-state index is -0.104. The van der Waals surface area contributed by atoms with Gasteiger partial charge in [-0.05, 0) is 92.7 Å². The largest absolute Gasteiger partial charge is 0.494 e. The highest BCUT2D eigenvalue weighted by Gasteiger charge is 2.26. The molecule has 6 heteroatoms. The second kappa shape index (κ2) is 17.7. The summed E-state index contributed by atoms with van der Waals surface area (Å²) in [7, 11) is 0. The molecule has 42 heavy (non-hydrogen) atoms. The molecule has 3 aromatic rings. The van der Waals surface area contributed by atoms with Gasteiger partial charge < -0.3 is 14.8 Å². The third-order valence-corrected chi connectivity index (χ3v) is 8.02. The summed E-state index contributed by atoms with van der Waals surface area (Å²) in [6.07, 6.45) is 5.12. The Morgan fingerprint density at radius 1 is 0.810 bits per heavy atom. The molecule has 0 bridgehead atoms. The Labute approximate surface area is 260 Å². The molecule has 0 spiro atoms. The zero-order chi connectivity index (χ0) is 30.3. The van der Waals surface area contributed by atoms with Crippen molar-refractivity contribution in [2.45, 2.75) is 79.4 Å². The van der Waals surface area contributed by atoms with Crippen molar-refractivity contribution in [3.05, 3.63) is 99.5 Å². The number of nitrogens with one attached hydrogen (secondary N) is 1. The number of rotatable bonds is 11. The maximum atomic E-state index is 12.3. The van der Waals surface area contributed by atoms with Gasteiger partial charge in [0.25, 0.3) is 0 Å². The minimum absolute atomic E-state index is 0.0264. The van der Waals surface area contributed by atoms with E-state index >= 15 is 0 Å². The van der Waals surface area contributed by atoms with Gasteiger partial charge in [0.1, 0.15) is 12.4 Å². The van der Waals surface area contributed by atoms with Crippen LogP contribution in [0.4, 0.5) is 0 Å². The van der Waals surface area contributed by atoms with Crippen LogP contribution < -0.4 is 10.1 Å². The Balaban J connectivity index is 0.000000521. The van der Waals surface area contributed by atoms with E-state index in [1.54, 1.807) is 0 Å². The van der Waals surface area contributed by atoms with Crippen molar-refractivity contribution in [3.63, 3.8) is 0 Å². The molecule has 0 aliphatic heterocycles. The number of halogens is 1. The lowest BCUT2D eigenvalue weighted by Crippen LogP contribution is -2.22. The molecule has 0 aromatic heterocycles. The fourth-order valence-electron chi connectivity index (χ4n) is 5.37. The van der Waals surface area contributed by atoms with Crippen molar-refractivity contribution < 1.29 is 19.1 Å². The molecule has 226 valence electrons. The lowest BCUT2D eigenvalue weighted by Gasteiger charge is -2.30. The molecular weight excluding hydrogens is 590 g/mol. The Morgan fingerprint density at radius 3 is 1.98 bits per heavy atom. The maximum absolute atomic E-state index is 12.3. The summed E-state index contributed by atoms with van der Waals surface area (Å²) in [6, 6.07) is 24.0. The first-order chi connectivity index (χ1) is 20.2. The molecule has 0 heterocycles. The highest BCUT2D eigenvalue weighted by Crippen LogP contribution is 2.34. The van der Waals surface area contributed by atoms with Gasteiger partial charge in [-0.25, -0.2) is 0 Å². The number of hydrogen-bond acceptors (Lipinski definition) is 4. The van der Waals surface area contributed by atoms with Gasteiger partial charge in [0.05, 0.1) is 6.61 Å². The number of carbonyl (C=O) groups excluding carboxylic acids is 2. The van der Waals surface area contributed by atoms with E-state index in [1.165, 1.54) is 17.5 Å². The SMILES string of the molecule is Cc1ccc(Br)cc1.Cc1ccc(CNC(=O)CCCOc2ccc(COC(=O)CC3CC(C)CC(C)C3)cc2)cc1. The predicted octanol–water partition coefficient (Wildman–Crippen LogP) is 8.73. The molecule has 1 aliphatic rings. The first-order valence-electron chi connectivity index (χ1n) is 15.1. The van der Waals surface area contributed by atoms with Gasteiger partial charge in [0, 0.05) is 23.9 Å². The predicted molar refractivity (Wildman–Crippen MR) is 173 cm³/mol. The van der Waals surface area contributed by atoms with Crippen LogP contribution in [-0.2, 0) is 27.5 Å². The number of ether oxygens (including phenoxy) is 2. The van der Waals surface area contributed by atoms with Crippen LogP contribution in [0.15, 0.2) is 77.3 Å². The third kappa shape index (κ3) is 13.2. The van der Waals surface area contributed by atoms with Crippen LogP contribution in [0.5, 0.6) is 5.75 Å². The smallest absolute Gasteiger partial charge is 0.306 e. The van der Waals surface area contributed by atoms with E-state index in [9.17, 15) is 9.59 Å². The molecule has 0 saturated heterocycles. The Hall–Kier alpha value is -3.12. The number of hydrogen-bond donors (Lipinski definition) is 1. The molecule has 3 aromatic carbocycles. The van der Waals surface area contributed by atoms with Gasteiger partial charge in [-0.1, -0.05) is 89.4 Å². The summed E-state index contributed by atoms with van der Waals surface area (Å²) in [6.45, 7) is 9.99. The average Bonchev–Trinajstić information content (AvgIpc) is 2.96. The second-order valence-corrected chi connectivity index (χ2v) is 12.7. The lowest BCUT2D eigenvalue weighted by molar-refractivity contribution is -0.146. The van der Waals surface area contributed by atoms with Crippen molar-refractivity contribution in [3.8, 4) is 5.75 Å². The van der Waals surface area contributed by atoms with E-state index in [-0.39, 0.29) is 18.5 Å². The first kappa shape index (κ1) is 33.4. The molecule has 2 atom stereocenters. The number of esters is 1. The fraction of sp³-hybridized carbons (Fsp3) is 0.444. The molecule has 0 radical (unpaired) electrons. The monoisotopic (exact) mass is 635 g/mol. The van der Waals surface area contributed by atoms with Crippen LogP contribution in [0, 0.1) is 31.6 Å². The average molecular weight is 637 g/mol. The van der Waals surface area contributed by atoms with Crippen LogP contribution in [-0.4, -0.2) is 18.5 Å². The molecule has 1 N–H and O–H groups in total. The number of carbonyl (C=O) groups is 2. The molecular formula is C36H46BrNO4. The van der Waals surface area contributed by atoms with Crippen LogP contribution in [0.3, 0.4) is 0 Å². The van der Waals surface area contributed by atoms with Gasteiger partial charge in [-0.3, -0.25) is 9.59 Å². The Morgan fingerprint density at radius 2 is 1.38 bits per heavy atom. The zero-order valence-electron chi connectivity index (χ0n) is 25.5. The summed E-state index contributed by atoms with van der Waals surface area (Å²) in [4.78, 5) is 24.3. The first-order valence-corrected chi connectivity index (χ1v) is 15.9. The summed E-state index contributed by atoms with van der Waals surface area (Å²) in [5.74, 6) is 2.52. The molecule has 1 fully saturated rings. The summed E-state index contributed by atoms with van der Waals surface area (Å²) >= 11 is 3.35. The normalized spacial score (nSPS) is 17.9. The van der Waals surface area contributed by atoms with E-state index in [2.05, 4.69) is 54.2 Å². The second-order valence-electron chi connectivity index (χ2n) is 11.8. The van der Waals surface area contributed by atoms with Crippen LogP contribution >= 0.6 is 15.9 Å². The van der Waals surface area contributed by atoms with Crippen molar-refractivity contribution in [1.82, 2.24) is 5.32 Å². The molecule has 1 amide bonds. The quantitative estimate of drug-likeness (QED) is 0.169. The van der Waals surface area contributed by atoms with Crippen LogP contribution in [0.1, 0.15) is 74.6 Å².